The molecule has 3 aliphatic carbocycles. The highest BCUT2D eigenvalue weighted by molar-refractivity contribution is 4.94. The summed E-state index contributed by atoms with van der Waals surface area (Å²) in [5.41, 5.74) is 0. The van der Waals surface area contributed by atoms with E-state index in [2.05, 4.69) is 20.8 Å². The predicted octanol–water partition coefficient (Wildman–Crippen LogP) is 6.99. The molecule has 7 atom stereocenters. The van der Waals surface area contributed by atoms with Crippen LogP contribution in [0.5, 0.6) is 0 Å². The molecule has 0 spiro atoms. The minimum atomic E-state index is 0.479. The Morgan fingerprint density at radius 2 is 1.54 bits per heavy atom. The van der Waals surface area contributed by atoms with Crippen molar-refractivity contribution < 1.29 is 4.74 Å². The summed E-state index contributed by atoms with van der Waals surface area (Å²) >= 11 is 0. The number of hydrogen-bond donors (Lipinski definition) is 0. The number of ether oxygens (including phenoxy) is 1. The second-order valence-electron chi connectivity index (χ2n) is 9.42. The molecule has 1 heteroatoms. The fraction of sp³-hybridized carbons (Fsp3) is 1.00. The van der Waals surface area contributed by atoms with Gasteiger partial charge in [-0.3, -0.25) is 0 Å². The van der Waals surface area contributed by atoms with Crippen molar-refractivity contribution >= 4 is 0 Å². The summed E-state index contributed by atoms with van der Waals surface area (Å²) < 4.78 is 6.43. The van der Waals surface area contributed by atoms with Crippen molar-refractivity contribution in [1.29, 1.82) is 0 Å². The van der Waals surface area contributed by atoms with E-state index >= 15 is 0 Å². The van der Waals surface area contributed by atoms with Crippen LogP contribution >= 0.6 is 0 Å². The van der Waals surface area contributed by atoms with Gasteiger partial charge < -0.3 is 4.74 Å². The van der Waals surface area contributed by atoms with Gasteiger partial charge in [-0.1, -0.05) is 46.0 Å². The molecule has 7 unspecified atom stereocenters. The summed E-state index contributed by atoms with van der Waals surface area (Å²) in [6.07, 6.45) is 19.7. The molecule has 0 radical (unpaired) electrons. The van der Waals surface area contributed by atoms with E-state index in [-0.39, 0.29) is 0 Å². The predicted molar refractivity (Wildman–Crippen MR) is 103 cm³/mol. The first kappa shape index (κ1) is 18.7. The number of fused-ring (bicyclic) bond motifs is 3. The Kier molecular flexibility index (Phi) is 7.07. The number of unbranched alkanes of at least 4 members (excludes halogenated alkanes) is 1. The third kappa shape index (κ3) is 4.57. The van der Waals surface area contributed by atoms with E-state index in [1.807, 2.05) is 0 Å². The van der Waals surface area contributed by atoms with Crippen molar-refractivity contribution in [1.82, 2.24) is 0 Å². The second-order valence-corrected chi connectivity index (χ2v) is 9.42. The first-order valence-electron chi connectivity index (χ1n) is 11.4. The van der Waals surface area contributed by atoms with Crippen molar-refractivity contribution in [2.24, 2.45) is 29.6 Å². The fourth-order valence-corrected chi connectivity index (χ4v) is 6.53. The molecule has 24 heavy (non-hydrogen) atoms. The molecular weight excluding hydrogens is 292 g/mol. The van der Waals surface area contributed by atoms with Crippen LogP contribution in [0.1, 0.15) is 104 Å². The quantitative estimate of drug-likeness (QED) is 0.487. The van der Waals surface area contributed by atoms with Crippen LogP contribution in [0.15, 0.2) is 0 Å². The Balaban J connectivity index is 1.48. The second kappa shape index (κ2) is 9.06. The van der Waals surface area contributed by atoms with Crippen LogP contribution in [0.4, 0.5) is 0 Å². The summed E-state index contributed by atoms with van der Waals surface area (Å²) in [6, 6.07) is 0. The molecule has 0 heterocycles. The molecule has 1 nitrogen and oxygen atoms in total. The molecule has 0 aromatic carbocycles. The molecule has 0 aromatic rings. The monoisotopic (exact) mass is 334 g/mol. The van der Waals surface area contributed by atoms with Gasteiger partial charge in [0.05, 0.1) is 12.2 Å². The Hall–Kier alpha value is -0.0400. The van der Waals surface area contributed by atoms with Gasteiger partial charge in [0.15, 0.2) is 0 Å². The lowest BCUT2D eigenvalue weighted by Crippen LogP contribution is -2.43. The zero-order chi connectivity index (χ0) is 16.9. The first-order valence-corrected chi connectivity index (χ1v) is 11.4. The van der Waals surface area contributed by atoms with E-state index < -0.39 is 0 Å². The molecule has 0 bridgehead atoms. The van der Waals surface area contributed by atoms with Gasteiger partial charge in [-0.25, -0.2) is 0 Å². The highest BCUT2D eigenvalue weighted by atomic mass is 16.5. The van der Waals surface area contributed by atoms with Gasteiger partial charge in [0.2, 0.25) is 0 Å². The van der Waals surface area contributed by atoms with Crippen molar-refractivity contribution in [3.8, 4) is 0 Å². The summed E-state index contributed by atoms with van der Waals surface area (Å²) in [4.78, 5) is 0. The van der Waals surface area contributed by atoms with Crippen LogP contribution in [-0.2, 0) is 4.74 Å². The zero-order valence-electron chi connectivity index (χ0n) is 16.6. The van der Waals surface area contributed by atoms with E-state index in [4.69, 9.17) is 4.74 Å². The largest absolute Gasteiger partial charge is 0.375 e. The lowest BCUT2D eigenvalue weighted by molar-refractivity contribution is -0.0773. The van der Waals surface area contributed by atoms with Crippen molar-refractivity contribution in [3.63, 3.8) is 0 Å². The van der Waals surface area contributed by atoms with Gasteiger partial charge in [-0.05, 0) is 87.9 Å². The smallest absolute Gasteiger partial charge is 0.0581 e. The van der Waals surface area contributed by atoms with Gasteiger partial charge in [0.25, 0.3) is 0 Å². The lowest BCUT2D eigenvalue weighted by atomic mass is 9.56. The number of hydrogen-bond acceptors (Lipinski definition) is 1. The molecule has 0 aromatic heterocycles. The van der Waals surface area contributed by atoms with Crippen LogP contribution < -0.4 is 0 Å². The molecule has 0 amide bonds. The Morgan fingerprint density at radius 3 is 2.25 bits per heavy atom. The maximum Gasteiger partial charge on any atom is 0.0581 e. The molecule has 3 fully saturated rings. The minimum absolute atomic E-state index is 0.479. The normalized spacial score (nSPS) is 40.6. The summed E-state index contributed by atoms with van der Waals surface area (Å²) in [5, 5.41) is 0. The van der Waals surface area contributed by atoms with Gasteiger partial charge >= 0.3 is 0 Å². The average Bonchev–Trinajstić information content (AvgIpc) is 2.59. The Morgan fingerprint density at radius 1 is 0.833 bits per heavy atom. The molecule has 0 saturated heterocycles. The van der Waals surface area contributed by atoms with E-state index in [9.17, 15) is 0 Å². The fourth-order valence-electron chi connectivity index (χ4n) is 6.53. The van der Waals surface area contributed by atoms with E-state index in [1.165, 1.54) is 70.6 Å². The maximum atomic E-state index is 6.43. The number of rotatable bonds is 7. The lowest BCUT2D eigenvalue weighted by Gasteiger charge is -2.51. The summed E-state index contributed by atoms with van der Waals surface area (Å²) in [5.74, 6) is 5.27. The van der Waals surface area contributed by atoms with Crippen LogP contribution in [-0.4, -0.2) is 12.2 Å². The Labute approximate surface area is 151 Å². The van der Waals surface area contributed by atoms with Crippen LogP contribution in [0, 0.1) is 29.6 Å². The van der Waals surface area contributed by atoms with Crippen molar-refractivity contribution in [2.75, 3.05) is 0 Å². The van der Waals surface area contributed by atoms with Gasteiger partial charge in [-0.15, -0.1) is 0 Å². The topological polar surface area (TPSA) is 9.23 Å². The molecule has 3 saturated carbocycles. The van der Waals surface area contributed by atoms with E-state index in [1.54, 1.807) is 12.8 Å². The third-order valence-corrected chi connectivity index (χ3v) is 7.69. The van der Waals surface area contributed by atoms with Gasteiger partial charge in [-0.2, -0.15) is 0 Å². The van der Waals surface area contributed by atoms with Crippen LogP contribution in [0.2, 0.25) is 0 Å². The van der Waals surface area contributed by atoms with Crippen molar-refractivity contribution in [2.45, 2.75) is 116 Å². The zero-order valence-corrected chi connectivity index (χ0v) is 16.6. The molecule has 3 rings (SSSR count). The molecule has 0 N–H and O–H groups in total. The first-order chi connectivity index (χ1) is 11.7. The molecule has 0 aliphatic heterocycles. The van der Waals surface area contributed by atoms with Crippen LogP contribution in [0.25, 0.3) is 0 Å². The highest BCUT2D eigenvalue weighted by Crippen LogP contribution is 2.53. The standard InChI is InChI=1S/C23H42O/c1-4-6-8-17(3)24-21-12-14-23-20(16-21)11-10-19-15-18(7-5-2)9-13-22(19)23/h17-23H,4-16H2,1-3H3. The van der Waals surface area contributed by atoms with Gasteiger partial charge in [0.1, 0.15) is 0 Å². The third-order valence-electron chi connectivity index (χ3n) is 7.69. The minimum Gasteiger partial charge on any atom is -0.375 e. The summed E-state index contributed by atoms with van der Waals surface area (Å²) in [6.45, 7) is 6.95. The SMILES string of the molecule is CCCCC(C)OC1CCC2C(CCC3CC(CCC)CCC32)C1. The van der Waals surface area contributed by atoms with Crippen molar-refractivity contribution in [3.05, 3.63) is 0 Å². The average molecular weight is 335 g/mol. The van der Waals surface area contributed by atoms with E-state index in [0.29, 0.717) is 12.2 Å². The molecule has 140 valence electrons. The maximum absolute atomic E-state index is 6.43. The Bertz CT molecular complexity index is 365. The highest BCUT2D eigenvalue weighted by Gasteiger charge is 2.44. The molecule has 3 aliphatic rings. The summed E-state index contributed by atoms with van der Waals surface area (Å²) in [7, 11) is 0. The molecular formula is C23H42O. The van der Waals surface area contributed by atoms with E-state index in [0.717, 1.165) is 29.6 Å². The van der Waals surface area contributed by atoms with Crippen LogP contribution in [0.3, 0.4) is 0 Å². The van der Waals surface area contributed by atoms with Gasteiger partial charge in [0, 0.05) is 0 Å².